The Bertz CT molecular complexity index is 307. The van der Waals surface area contributed by atoms with Crippen molar-refractivity contribution >= 4 is 0 Å². The lowest BCUT2D eigenvalue weighted by Crippen LogP contribution is -2.61. The van der Waals surface area contributed by atoms with Crippen molar-refractivity contribution in [2.75, 3.05) is 19.6 Å². The number of hydrogen-bond acceptors (Lipinski definition) is 2. The Balaban J connectivity index is 1.66. The van der Waals surface area contributed by atoms with Crippen LogP contribution in [0.3, 0.4) is 0 Å². The van der Waals surface area contributed by atoms with Gasteiger partial charge in [-0.3, -0.25) is 9.80 Å². The Morgan fingerprint density at radius 2 is 1.70 bits per heavy atom. The number of fused-ring (bicyclic) bond motifs is 1. The van der Waals surface area contributed by atoms with Gasteiger partial charge in [0, 0.05) is 31.2 Å². The van der Waals surface area contributed by atoms with E-state index in [1.165, 1.54) is 64.6 Å². The molecule has 0 radical (unpaired) electrons. The summed E-state index contributed by atoms with van der Waals surface area (Å²) in [6, 6.07) is 2.59. The predicted octanol–water partition coefficient (Wildman–Crippen LogP) is 3.76. The minimum Gasteiger partial charge on any atom is -0.298 e. The van der Waals surface area contributed by atoms with Crippen molar-refractivity contribution in [1.29, 1.82) is 0 Å². The standard InChI is InChI=1S/C18H34N2/c1-4-15-7-9-16(10-8-15)20-12-17-6-5-11-19(17)13-18(20)14(2)3/h14-18H,4-13H2,1-3H3. The van der Waals surface area contributed by atoms with Gasteiger partial charge in [0.1, 0.15) is 0 Å². The molecule has 2 atom stereocenters. The van der Waals surface area contributed by atoms with Gasteiger partial charge in [0.25, 0.3) is 0 Å². The molecule has 0 N–H and O–H groups in total. The van der Waals surface area contributed by atoms with Crippen LogP contribution in [0.15, 0.2) is 0 Å². The van der Waals surface area contributed by atoms with Gasteiger partial charge in [-0.1, -0.05) is 27.2 Å². The maximum atomic E-state index is 2.95. The Kier molecular flexibility index (Phi) is 4.72. The largest absolute Gasteiger partial charge is 0.298 e. The molecule has 3 rings (SSSR count). The molecule has 3 aliphatic rings. The van der Waals surface area contributed by atoms with E-state index >= 15 is 0 Å². The molecule has 2 heterocycles. The van der Waals surface area contributed by atoms with Crippen LogP contribution in [0.4, 0.5) is 0 Å². The van der Waals surface area contributed by atoms with Gasteiger partial charge in [0.05, 0.1) is 0 Å². The Morgan fingerprint density at radius 1 is 0.950 bits per heavy atom. The molecule has 2 heteroatoms. The molecule has 0 aromatic carbocycles. The zero-order valence-corrected chi connectivity index (χ0v) is 13.9. The highest BCUT2D eigenvalue weighted by Gasteiger charge is 2.40. The van der Waals surface area contributed by atoms with Gasteiger partial charge in [-0.05, 0) is 56.9 Å². The highest BCUT2D eigenvalue weighted by molar-refractivity contribution is 4.96. The fourth-order valence-corrected chi connectivity index (χ4v) is 4.96. The van der Waals surface area contributed by atoms with Crippen LogP contribution in [-0.2, 0) is 0 Å². The Morgan fingerprint density at radius 3 is 2.35 bits per heavy atom. The zero-order valence-electron chi connectivity index (χ0n) is 13.9. The predicted molar refractivity (Wildman–Crippen MR) is 86.0 cm³/mol. The Hall–Kier alpha value is -0.0800. The van der Waals surface area contributed by atoms with E-state index in [0.717, 1.165) is 30.0 Å². The van der Waals surface area contributed by atoms with Crippen LogP contribution < -0.4 is 0 Å². The summed E-state index contributed by atoms with van der Waals surface area (Å²) in [6.45, 7) is 11.3. The third-order valence-electron chi connectivity index (χ3n) is 6.40. The van der Waals surface area contributed by atoms with E-state index in [4.69, 9.17) is 0 Å². The molecule has 3 fully saturated rings. The molecule has 0 aromatic rings. The number of nitrogens with zero attached hydrogens (tertiary/aromatic N) is 2. The van der Waals surface area contributed by atoms with Crippen LogP contribution in [-0.4, -0.2) is 47.6 Å². The summed E-state index contributed by atoms with van der Waals surface area (Å²) in [4.78, 5) is 5.74. The third kappa shape index (κ3) is 2.92. The van der Waals surface area contributed by atoms with Crippen molar-refractivity contribution in [2.24, 2.45) is 11.8 Å². The molecule has 0 amide bonds. The molecular weight excluding hydrogens is 244 g/mol. The van der Waals surface area contributed by atoms with E-state index in [2.05, 4.69) is 30.6 Å². The van der Waals surface area contributed by atoms with Crippen LogP contribution in [0, 0.1) is 11.8 Å². The molecule has 2 unspecified atom stereocenters. The van der Waals surface area contributed by atoms with Crippen LogP contribution in [0.5, 0.6) is 0 Å². The van der Waals surface area contributed by atoms with Crippen molar-refractivity contribution in [3.05, 3.63) is 0 Å². The van der Waals surface area contributed by atoms with Gasteiger partial charge in [0.15, 0.2) is 0 Å². The lowest BCUT2D eigenvalue weighted by Gasteiger charge is -2.50. The average molecular weight is 278 g/mol. The average Bonchev–Trinajstić information content (AvgIpc) is 2.93. The molecular formula is C18H34N2. The second-order valence-corrected chi connectivity index (χ2v) is 7.88. The first kappa shape index (κ1) is 14.8. The maximum absolute atomic E-state index is 2.95. The van der Waals surface area contributed by atoms with Gasteiger partial charge in [-0.2, -0.15) is 0 Å². The van der Waals surface area contributed by atoms with Crippen molar-refractivity contribution in [1.82, 2.24) is 9.80 Å². The first-order chi connectivity index (χ1) is 9.69. The Labute approximate surface area is 125 Å². The second kappa shape index (κ2) is 6.36. The highest BCUT2D eigenvalue weighted by Crippen LogP contribution is 2.35. The van der Waals surface area contributed by atoms with Crippen molar-refractivity contribution in [2.45, 2.75) is 83.8 Å². The fourth-order valence-electron chi connectivity index (χ4n) is 4.96. The molecule has 1 aliphatic carbocycles. The van der Waals surface area contributed by atoms with Gasteiger partial charge < -0.3 is 0 Å². The van der Waals surface area contributed by atoms with Gasteiger partial charge in [-0.15, -0.1) is 0 Å². The first-order valence-corrected chi connectivity index (χ1v) is 9.18. The SMILES string of the molecule is CCC1CCC(N2CC3CCCN3CC2C(C)C)CC1. The fraction of sp³-hybridized carbons (Fsp3) is 1.00. The number of piperazine rings is 1. The van der Waals surface area contributed by atoms with E-state index in [0.29, 0.717) is 0 Å². The van der Waals surface area contributed by atoms with Crippen molar-refractivity contribution in [3.63, 3.8) is 0 Å². The second-order valence-electron chi connectivity index (χ2n) is 7.88. The van der Waals surface area contributed by atoms with Gasteiger partial charge >= 0.3 is 0 Å². The van der Waals surface area contributed by atoms with Crippen LogP contribution in [0.1, 0.15) is 65.7 Å². The van der Waals surface area contributed by atoms with E-state index in [1.54, 1.807) is 0 Å². The molecule has 1 saturated carbocycles. The maximum Gasteiger partial charge on any atom is 0.0249 e. The van der Waals surface area contributed by atoms with E-state index in [-0.39, 0.29) is 0 Å². The van der Waals surface area contributed by atoms with Gasteiger partial charge in [0.2, 0.25) is 0 Å². The lowest BCUT2D eigenvalue weighted by molar-refractivity contribution is -0.0142. The molecule has 0 bridgehead atoms. The first-order valence-electron chi connectivity index (χ1n) is 9.18. The minimum absolute atomic E-state index is 0.806. The third-order valence-corrected chi connectivity index (χ3v) is 6.40. The number of rotatable bonds is 3. The quantitative estimate of drug-likeness (QED) is 0.775. The molecule has 2 aliphatic heterocycles. The summed E-state index contributed by atoms with van der Waals surface area (Å²) in [5.41, 5.74) is 0. The smallest absolute Gasteiger partial charge is 0.0249 e. The lowest BCUT2D eigenvalue weighted by atomic mass is 9.82. The van der Waals surface area contributed by atoms with Gasteiger partial charge in [-0.25, -0.2) is 0 Å². The van der Waals surface area contributed by atoms with Crippen molar-refractivity contribution in [3.8, 4) is 0 Å². The summed E-state index contributed by atoms with van der Waals surface area (Å²) in [6.07, 6.45) is 10.2. The minimum atomic E-state index is 0.806. The molecule has 0 spiro atoms. The molecule has 0 aromatic heterocycles. The molecule has 116 valence electrons. The summed E-state index contributed by atoms with van der Waals surface area (Å²) in [5.74, 6) is 1.83. The summed E-state index contributed by atoms with van der Waals surface area (Å²) < 4.78 is 0. The molecule has 2 nitrogen and oxygen atoms in total. The summed E-state index contributed by atoms with van der Waals surface area (Å²) >= 11 is 0. The van der Waals surface area contributed by atoms with E-state index in [1.807, 2.05) is 0 Å². The molecule has 2 saturated heterocycles. The van der Waals surface area contributed by atoms with Crippen LogP contribution in [0.2, 0.25) is 0 Å². The van der Waals surface area contributed by atoms with E-state index < -0.39 is 0 Å². The normalized spacial score (nSPS) is 40.2. The van der Waals surface area contributed by atoms with E-state index in [9.17, 15) is 0 Å². The highest BCUT2D eigenvalue weighted by atomic mass is 15.3. The zero-order chi connectivity index (χ0) is 14.1. The number of hydrogen-bond donors (Lipinski definition) is 0. The van der Waals surface area contributed by atoms with Crippen LogP contribution >= 0.6 is 0 Å². The van der Waals surface area contributed by atoms with Crippen molar-refractivity contribution < 1.29 is 0 Å². The molecule has 20 heavy (non-hydrogen) atoms. The summed E-state index contributed by atoms with van der Waals surface area (Å²) in [7, 11) is 0. The topological polar surface area (TPSA) is 6.48 Å². The van der Waals surface area contributed by atoms with Crippen LogP contribution in [0.25, 0.3) is 0 Å². The monoisotopic (exact) mass is 278 g/mol. The summed E-state index contributed by atoms with van der Waals surface area (Å²) in [5, 5.41) is 0.